The normalized spacial score (nSPS) is 15.8. The van der Waals surface area contributed by atoms with Crippen LogP contribution in [0, 0.1) is 6.92 Å². The molecule has 2 N–H and O–H groups in total. The first-order valence-corrected chi connectivity index (χ1v) is 10.9. The number of anilines is 2. The van der Waals surface area contributed by atoms with Crippen molar-refractivity contribution in [3.8, 4) is 0 Å². The topological polar surface area (TPSA) is 95.6 Å². The lowest BCUT2D eigenvalue weighted by molar-refractivity contribution is -0.117. The van der Waals surface area contributed by atoms with Crippen LogP contribution >= 0.6 is 0 Å². The Hall–Kier alpha value is -2.71. The van der Waals surface area contributed by atoms with Crippen LogP contribution in [0.15, 0.2) is 47.4 Å². The maximum Gasteiger partial charge on any atom is 0.240 e. The van der Waals surface area contributed by atoms with Crippen LogP contribution in [0.2, 0.25) is 0 Å². The summed E-state index contributed by atoms with van der Waals surface area (Å²) in [6, 6.07) is 12.2. The highest BCUT2D eigenvalue weighted by molar-refractivity contribution is 7.89. The maximum atomic E-state index is 12.6. The molecule has 3 rings (SSSR count). The van der Waals surface area contributed by atoms with Crippen LogP contribution < -0.4 is 14.9 Å². The van der Waals surface area contributed by atoms with Crippen molar-refractivity contribution in [2.45, 2.75) is 44.6 Å². The van der Waals surface area contributed by atoms with Gasteiger partial charge in [0, 0.05) is 37.3 Å². The first kappa shape index (κ1) is 21.0. The van der Waals surface area contributed by atoms with Gasteiger partial charge in [0.15, 0.2) is 0 Å². The number of rotatable bonds is 6. The van der Waals surface area contributed by atoms with Gasteiger partial charge in [0.05, 0.1) is 4.90 Å². The third kappa shape index (κ3) is 4.83. The molecule has 0 saturated heterocycles. The zero-order valence-corrected chi connectivity index (χ0v) is 17.5. The summed E-state index contributed by atoms with van der Waals surface area (Å²) in [5.74, 6) is -0.331. The minimum absolute atomic E-state index is 0.00117. The van der Waals surface area contributed by atoms with E-state index < -0.39 is 10.0 Å². The molecule has 0 saturated carbocycles. The molecule has 1 atom stereocenters. The molecule has 0 bridgehead atoms. The number of aryl methyl sites for hydroxylation is 1. The van der Waals surface area contributed by atoms with Crippen LogP contribution in [0.3, 0.4) is 0 Å². The Labute approximate surface area is 171 Å². The standard InChI is InChI=1S/C21H25N3O4S/c1-14-5-4-6-18(11-14)23-21(26)9-10-22-29(27,28)19-7-8-20-17(13-19)12-15(2)24(20)16(3)25/h4-8,11,13,15,22H,9-10,12H2,1-3H3,(H,23,26). The van der Waals surface area contributed by atoms with Crippen LogP contribution in [0.25, 0.3) is 0 Å². The summed E-state index contributed by atoms with van der Waals surface area (Å²) < 4.78 is 27.7. The van der Waals surface area contributed by atoms with Crippen LogP contribution in [-0.4, -0.2) is 32.8 Å². The molecule has 2 amide bonds. The van der Waals surface area contributed by atoms with Crippen LogP contribution in [0.5, 0.6) is 0 Å². The Bertz CT molecular complexity index is 1050. The number of carbonyl (C=O) groups is 2. The van der Waals surface area contributed by atoms with Gasteiger partial charge in [0.1, 0.15) is 0 Å². The Morgan fingerprint density at radius 1 is 1.17 bits per heavy atom. The summed E-state index contributed by atoms with van der Waals surface area (Å²) in [6.07, 6.45) is 0.629. The van der Waals surface area contributed by atoms with Crippen molar-refractivity contribution in [2.75, 3.05) is 16.8 Å². The molecular formula is C21H25N3O4S. The Kier molecular flexibility index (Phi) is 6.04. The van der Waals surface area contributed by atoms with Gasteiger partial charge in [-0.3, -0.25) is 9.59 Å². The molecule has 0 radical (unpaired) electrons. The minimum Gasteiger partial charge on any atom is -0.326 e. The molecule has 0 spiro atoms. The highest BCUT2D eigenvalue weighted by atomic mass is 32.2. The second kappa shape index (κ2) is 8.34. The van der Waals surface area contributed by atoms with Crippen molar-refractivity contribution in [1.29, 1.82) is 0 Å². The number of nitrogens with zero attached hydrogens (tertiary/aromatic N) is 1. The zero-order valence-electron chi connectivity index (χ0n) is 16.7. The quantitative estimate of drug-likeness (QED) is 0.758. The monoisotopic (exact) mass is 415 g/mol. The van der Waals surface area contributed by atoms with Gasteiger partial charge in [0.2, 0.25) is 21.8 Å². The molecule has 8 heteroatoms. The van der Waals surface area contributed by atoms with Gasteiger partial charge in [-0.25, -0.2) is 13.1 Å². The molecule has 1 heterocycles. The molecule has 29 heavy (non-hydrogen) atoms. The first-order chi connectivity index (χ1) is 13.7. The number of nitrogens with one attached hydrogen (secondary N) is 2. The molecule has 1 unspecified atom stereocenters. The van der Waals surface area contributed by atoms with Gasteiger partial charge in [0.25, 0.3) is 0 Å². The Morgan fingerprint density at radius 3 is 2.62 bits per heavy atom. The summed E-state index contributed by atoms with van der Waals surface area (Å²) >= 11 is 0. The van der Waals surface area contributed by atoms with Crippen molar-refractivity contribution >= 4 is 33.2 Å². The second-order valence-corrected chi connectivity index (χ2v) is 9.07. The fraction of sp³-hybridized carbons (Fsp3) is 0.333. The lowest BCUT2D eigenvalue weighted by Gasteiger charge is -2.20. The zero-order chi connectivity index (χ0) is 21.2. The molecule has 7 nitrogen and oxygen atoms in total. The van der Waals surface area contributed by atoms with E-state index in [1.165, 1.54) is 13.0 Å². The van der Waals surface area contributed by atoms with Crippen LogP contribution in [0.1, 0.15) is 31.4 Å². The third-order valence-corrected chi connectivity index (χ3v) is 6.32. The minimum atomic E-state index is -3.75. The SMILES string of the molecule is CC(=O)N1c2ccc(S(=O)(=O)NCCC(=O)Nc3cccc(C)c3)cc2CC1C. The average molecular weight is 416 g/mol. The summed E-state index contributed by atoms with van der Waals surface area (Å²) in [6.45, 7) is 5.35. The van der Waals surface area contributed by atoms with E-state index in [0.29, 0.717) is 12.1 Å². The molecule has 0 aromatic heterocycles. The van der Waals surface area contributed by atoms with Gasteiger partial charge in [-0.1, -0.05) is 12.1 Å². The van der Waals surface area contributed by atoms with Crippen molar-refractivity contribution in [1.82, 2.24) is 4.72 Å². The highest BCUT2D eigenvalue weighted by Crippen LogP contribution is 2.33. The molecule has 2 aromatic rings. The predicted molar refractivity (Wildman–Crippen MR) is 112 cm³/mol. The molecular weight excluding hydrogens is 390 g/mol. The highest BCUT2D eigenvalue weighted by Gasteiger charge is 2.30. The summed E-state index contributed by atoms with van der Waals surface area (Å²) in [5, 5.41) is 2.75. The van der Waals surface area contributed by atoms with E-state index in [9.17, 15) is 18.0 Å². The number of fused-ring (bicyclic) bond motifs is 1. The number of benzene rings is 2. The third-order valence-electron chi connectivity index (χ3n) is 4.86. The lowest BCUT2D eigenvalue weighted by atomic mass is 10.1. The van der Waals surface area contributed by atoms with E-state index in [-0.39, 0.29) is 35.7 Å². The second-order valence-electron chi connectivity index (χ2n) is 7.30. The van der Waals surface area contributed by atoms with E-state index in [1.54, 1.807) is 23.1 Å². The number of hydrogen-bond acceptors (Lipinski definition) is 4. The van der Waals surface area contributed by atoms with Gasteiger partial charge < -0.3 is 10.2 Å². The fourth-order valence-corrected chi connectivity index (χ4v) is 4.67. The van der Waals surface area contributed by atoms with Crippen LogP contribution in [0.4, 0.5) is 11.4 Å². The molecule has 1 aliphatic rings. The van der Waals surface area contributed by atoms with Crippen molar-refractivity contribution in [3.05, 3.63) is 53.6 Å². The molecule has 0 aliphatic carbocycles. The van der Waals surface area contributed by atoms with E-state index >= 15 is 0 Å². The van der Waals surface area contributed by atoms with Gasteiger partial charge in [-0.05, 0) is 61.7 Å². The summed E-state index contributed by atoms with van der Waals surface area (Å²) in [4.78, 5) is 25.7. The van der Waals surface area contributed by atoms with E-state index in [2.05, 4.69) is 10.0 Å². The molecule has 154 valence electrons. The molecule has 0 fully saturated rings. The van der Waals surface area contributed by atoms with Crippen LogP contribution in [-0.2, 0) is 26.0 Å². The van der Waals surface area contributed by atoms with Gasteiger partial charge >= 0.3 is 0 Å². The number of sulfonamides is 1. The number of carbonyl (C=O) groups excluding carboxylic acids is 2. The number of amides is 2. The fourth-order valence-electron chi connectivity index (χ4n) is 3.58. The average Bonchev–Trinajstić information content (AvgIpc) is 2.96. The van der Waals surface area contributed by atoms with E-state index in [1.807, 2.05) is 32.0 Å². The largest absolute Gasteiger partial charge is 0.326 e. The van der Waals surface area contributed by atoms with Gasteiger partial charge in [-0.15, -0.1) is 0 Å². The van der Waals surface area contributed by atoms with Crippen molar-refractivity contribution in [2.24, 2.45) is 0 Å². The maximum absolute atomic E-state index is 12.6. The van der Waals surface area contributed by atoms with E-state index in [0.717, 1.165) is 16.8 Å². The Balaban J connectivity index is 1.61. The van der Waals surface area contributed by atoms with Gasteiger partial charge in [-0.2, -0.15) is 0 Å². The first-order valence-electron chi connectivity index (χ1n) is 9.46. The van der Waals surface area contributed by atoms with Crippen molar-refractivity contribution < 1.29 is 18.0 Å². The smallest absolute Gasteiger partial charge is 0.240 e. The van der Waals surface area contributed by atoms with Crippen molar-refractivity contribution in [3.63, 3.8) is 0 Å². The van der Waals surface area contributed by atoms with E-state index in [4.69, 9.17) is 0 Å². The summed E-state index contributed by atoms with van der Waals surface area (Å²) in [7, 11) is -3.75. The molecule has 1 aliphatic heterocycles. The predicted octanol–water partition coefficient (Wildman–Crippen LogP) is 2.60. The molecule has 2 aromatic carbocycles. The summed E-state index contributed by atoms with van der Waals surface area (Å²) in [5.41, 5.74) is 3.28. The Morgan fingerprint density at radius 2 is 1.93 bits per heavy atom. The lowest BCUT2D eigenvalue weighted by Crippen LogP contribution is -2.33. The number of hydrogen-bond donors (Lipinski definition) is 2.